The smallest absolute Gasteiger partial charge is 0.243 e. The first-order valence-electron chi connectivity index (χ1n) is 10.5. The van der Waals surface area contributed by atoms with Gasteiger partial charge in [0.1, 0.15) is 0 Å². The van der Waals surface area contributed by atoms with Crippen molar-refractivity contribution in [2.45, 2.75) is 50.8 Å². The Kier molecular flexibility index (Phi) is 7.46. The van der Waals surface area contributed by atoms with Crippen LogP contribution in [0.1, 0.15) is 43.7 Å². The van der Waals surface area contributed by atoms with Crippen molar-refractivity contribution >= 4 is 33.2 Å². The van der Waals surface area contributed by atoms with Gasteiger partial charge < -0.3 is 10.6 Å². The second-order valence-corrected chi connectivity index (χ2v) is 9.81. The molecule has 0 bridgehead atoms. The Bertz CT molecular complexity index is 1040. The molecule has 1 aliphatic rings. The summed E-state index contributed by atoms with van der Waals surface area (Å²) >= 11 is 0. The van der Waals surface area contributed by atoms with E-state index in [1.165, 1.54) is 6.92 Å². The molecule has 2 aromatic rings. The Morgan fingerprint density at radius 1 is 0.903 bits per heavy atom. The fraction of sp³-hybridized carbons (Fsp3) is 0.391. The van der Waals surface area contributed by atoms with E-state index in [4.69, 9.17) is 0 Å². The SMILES string of the molecule is CC(=O)Nc1ccc(CC(=O)Nc2ccc(C)c(S(=O)(=O)N3CCCCCC3)c2)cc1. The van der Waals surface area contributed by atoms with Crippen LogP contribution in [0.25, 0.3) is 0 Å². The highest BCUT2D eigenvalue weighted by molar-refractivity contribution is 7.89. The van der Waals surface area contributed by atoms with Gasteiger partial charge in [0.05, 0.1) is 11.3 Å². The van der Waals surface area contributed by atoms with E-state index in [2.05, 4.69) is 10.6 Å². The van der Waals surface area contributed by atoms with Crippen LogP contribution in [-0.4, -0.2) is 37.6 Å². The highest BCUT2D eigenvalue weighted by atomic mass is 32.2. The van der Waals surface area contributed by atoms with Crippen LogP contribution in [0.2, 0.25) is 0 Å². The highest BCUT2D eigenvalue weighted by Gasteiger charge is 2.27. The third-order valence-electron chi connectivity index (χ3n) is 5.29. The summed E-state index contributed by atoms with van der Waals surface area (Å²) in [6, 6.07) is 12.0. The van der Waals surface area contributed by atoms with Gasteiger partial charge in [0.2, 0.25) is 21.8 Å². The molecule has 8 heteroatoms. The van der Waals surface area contributed by atoms with Crippen LogP contribution in [0.3, 0.4) is 0 Å². The zero-order valence-electron chi connectivity index (χ0n) is 18.0. The van der Waals surface area contributed by atoms with Gasteiger partial charge >= 0.3 is 0 Å². The van der Waals surface area contributed by atoms with Gasteiger partial charge in [-0.25, -0.2) is 8.42 Å². The van der Waals surface area contributed by atoms with Gasteiger partial charge in [-0.1, -0.05) is 31.0 Å². The molecule has 0 unspecified atom stereocenters. The summed E-state index contributed by atoms with van der Waals surface area (Å²) in [5.74, 6) is -0.398. The minimum absolute atomic E-state index is 0.141. The van der Waals surface area contributed by atoms with Crippen molar-refractivity contribution in [3.05, 3.63) is 53.6 Å². The molecule has 0 spiro atoms. The Morgan fingerprint density at radius 2 is 1.52 bits per heavy atom. The third kappa shape index (κ3) is 6.15. The molecule has 1 heterocycles. The molecule has 2 aromatic carbocycles. The van der Waals surface area contributed by atoms with Crippen molar-refractivity contribution in [2.24, 2.45) is 0 Å². The number of nitrogens with zero attached hydrogens (tertiary/aromatic N) is 1. The number of benzene rings is 2. The summed E-state index contributed by atoms with van der Waals surface area (Å²) < 4.78 is 27.9. The molecule has 3 rings (SSSR count). The largest absolute Gasteiger partial charge is 0.326 e. The normalized spacial score (nSPS) is 15.2. The third-order valence-corrected chi connectivity index (χ3v) is 7.33. The number of nitrogens with one attached hydrogen (secondary N) is 2. The van der Waals surface area contributed by atoms with E-state index in [1.807, 2.05) is 0 Å². The predicted octanol–water partition coefficient (Wildman–Crippen LogP) is 3.70. The number of anilines is 2. The molecule has 0 saturated carbocycles. The van der Waals surface area contributed by atoms with Gasteiger partial charge in [0.25, 0.3) is 0 Å². The second-order valence-electron chi connectivity index (χ2n) is 7.90. The average Bonchev–Trinajstić information content (AvgIpc) is 3.00. The fourth-order valence-corrected chi connectivity index (χ4v) is 5.44. The highest BCUT2D eigenvalue weighted by Crippen LogP contribution is 2.26. The lowest BCUT2D eigenvalue weighted by Gasteiger charge is -2.21. The lowest BCUT2D eigenvalue weighted by Crippen LogP contribution is -2.32. The Hall–Kier alpha value is -2.71. The average molecular weight is 444 g/mol. The van der Waals surface area contributed by atoms with Crippen molar-refractivity contribution in [2.75, 3.05) is 23.7 Å². The van der Waals surface area contributed by atoms with E-state index in [9.17, 15) is 18.0 Å². The van der Waals surface area contributed by atoms with E-state index in [0.29, 0.717) is 30.0 Å². The van der Waals surface area contributed by atoms with Gasteiger partial charge in [0, 0.05) is 31.4 Å². The van der Waals surface area contributed by atoms with Crippen LogP contribution in [0.4, 0.5) is 11.4 Å². The summed E-state index contributed by atoms with van der Waals surface area (Å²) in [5.41, 5.74) is 2.57. The quantitative estimate of drug-likeness (QED) is 0.712. The lowest BCUT2D eigenvalue weighted by molar-refractivity contribution is -0.116. The summed E-state index contributed by atoms with van der Waals surface area (Å²) in [6.45, 7) is 4.27. The van der Waals surface area contributed by atoms with Crippen LogP contribution in [0.15, 0.2) is 47.4 Å². The molecule has 0 aromatic heterocycles. The van der Waals surface area contributed by atoms with Crippen molar-refractivity contribution in [1.82, 2.24) is 4.31 Å². The molecule has 0 atom stereocenters. The number of hydrogen-bond acceptors (Lipinski definition) is 4. The van der Waals surface area contributed by atoms with Gasteiger partial charge in [0.15, 0.2) is 0 Å². The van der Waals surface area contributed by atoms with E-state index in [-0.39, 0.29) is 23.1 Å². The number of aryl methyl sites for hydroxylation is 1. The van der Waals surface area contributed by atoms with Gasteiger partial charge in [-0.3, -0.25) is 9.59 Å². The lowest BCUT2D eigenvalue weighted by atomic mass is 10.1. The number of carbonyl (C=O) groups is 2. The number of hydrogen-bond donors (Lipinski definition) is 2. The van der Waals surface area contributed by atoms with Crippen LogP contribution in [0.5, 0.6) is 0 Å². The molecule has 7 nitrogen and oxygen atoms in total. The standard InChI is InChI=1S/C23H29N3O4S/c1-17-7-10-21(16-22(17)31(29,30)26-13-5-3-4-6-14-26)25-23(28)15-19-8-11-20(12-9-19)24-18(2)27/h7-12,16H,3-6,13-15H2,1-2H3,(H,24,27)(H,25,28). The molecular formula is C23H29N3O4S. The first-order valence-corrected chi connectivity index (χ1v) is 12.0. The van der Waals surface area contributed by atoms with Gasteiger partial charge in [-0.05, 0) is 55.2 Å². The summed E-state index contributed by atoms with van der Waals surface area (Å²) in [5, 5.41) is 5.48. The van der Waals surface area contributed by atoms with Crippen LogP contribution >= 0.6 is 0 Å². The summed E-state index contributed by atoms with van der Waals surface area (Å²) in [4.78, 5) is 23.8. The van der Waals surface area contributed by atoms with Gasteiger partial charge in [-0.2, -0.15) is 4.31 Å². The second kappa shape index (κ2) is 10.1. The van der Waals surface area contributed by atoms with Crippen molar-refractivity contribution in [1.29, 1.82) is 0 Å². The summed E-state index contributed by atoms with van der Waals surface area (Å²) in [7, 11) is -3.60. The van der Waals surface area contributed by atoms with E-state index < -0.39 is 10.0 Å². The van der Waals surface area contributed by atoms with Crippen molar-refractivity contribution in [3.63, 3.8) is 0 Å². The summed E-state index contributed by atoms with van der Waals surface area (Å²) in [6.07, 6.45) is 3.98. The van der Waals surface area contributed by atoms with E-state index in [0.717, 1.165) is 31.2 Å². The number of rotatable bonds is 6. The molecule has 2 amide bonds. The zero-order chi connectivity index (χ0) is 22.4. The molecule has 0 radical (unpaired) electrons. The first kappa shape index (κ1) is 23.0. The molecule has 166 valence electrons. The maximum absolute atomic E-state index is 13.2. The Labute approximate surface area is 183 Å². The fourth-order valence-electron chi connectivity index (χ4n) is 3.68. The number of sulfonamides is 1. The molecule has 31 heavy (non-hydrogen) atoms. The molecule has 1 aliphatic heterocycles. The van der Waals surface area contributed by atoms with Crippen LogP contribution < -0.4 is 10.6 Å². The minimum atomic E-state index is -3.60. The minimum Gasteiger partial charge on any atom is -0.326 e. The van der Waals surface area contributed by atoms with Crippen LogP contribution in [0, 0.1) is 6.92 Å². The van der Waals surface area contributed by atoms with E-state index in [1.54, 1.807) is 53.7 Å². The van der Waals surface area contributed by atoms with E-state index >= 15 is 0 Å². The predicted molar refractivity (Wildman–Crippen MR) is 121 cm³/mol. The number of amides is 2. The zero-order valence-corrected chi connectivity index (χ0v) is 18.8. The Balaban J connectivity index is 1.71. The molecular weight excluding hydrogens is 414 g/mol. The molecule has 2 N–H and O–H groups in total. The first-order chi connectivity index (χ1) is 14.8. The number of carbonyl (C=O) groups excluding carboxylic acids is 2. The monoisotopic (exact) mass is 443 g/mol. The maximum Gasteiger partial charge on any atom is 0.243 e. The van der Waals surface area contributed by atoms with Gasteiger partial charge in [-0.15, -0.1) is 0 Å². The van der Waals surface area contributed by atoms with Crippen molar-refractivity contribution < 1.29 is 18.0 Å². The van der Waals surface area contributed by atoms with Crippen molar-refractivity contribution in [3.8, 4) is 0 Å². The topological polar surface area (TPSA) is 95.6 Å². The Morgan fingerprint density at radius 3 is 2.13 bits per heavy atom. The maximum atomic E-state index is 13.2. The molecule has 1 saturated heterocycles. The molecule has 1 fully saturated rings. The molecule has 0 aliphatic carbocycles. The van der Waals surface area contributed by atoms with Crippen LogP contribution in [-0.2, 0) is 26.0 Å².